The predicted octanol–water partition coefficient (Wildman–Crippen LogP) is 2.38. The SMILES string of the molecule is COc1ccc(Cl)cc1NC(=O)CN(C)[C@@H](C)C(=O)NC(=O)NC1CCCC1. The molecule has 3 N–H and O–H groups in total. The van der Waals surface area contributed by atoms with Gasteiger partial charge in [-0.25, -0.2) is 4.79 Å². The Hall–Kier alpha value is -2.32. The number of methoxy groups -OCH3 is 1. The number of carbonyl (C=O) groups excluding carboxylic acids is 3. The summed E-state index contributed by atoms with van der Waals surface area (Å²) in [6.45, 7) is 1.58. The normalized spacial score (nSPS) is 15.2. The summed E-state index contributed by atoms with van der Waals surface area (Å²) in [7, 11) is 3.13. The van der Waals surface area contributed by atoms with E-state index in [-0.39, 0.29) is 18.5 Å². The number of urea groups is 1. The van der Waals surface area contributed by atoms with E-state index in [1.54, 1.807) is 37.1 Å². The van der Waals surface area contributed by atoms with Gasteiger partial charge in [-0.2, -0.15) is 0 Å². The van der Waals surface area contributed by atoms with Gasteiger partial charge in [0.1, 0.15) is 5.75 Å². The molecule has 2 rings (SSSR count). The number of rotatable bonds is 7. The average molecular weight is 411 g/mol. The van der Waals surface area contributed by atoms with Crippen molar-refractivity contribution in [3.63, 3.8) is 0 Å². The molecule has 1 atom stereocenters. The Bertz CT molecular complexity index is 722. The van der Waals surface area contributed by atoms with Crippen LogP contribution in [0.4, 0.5) is 10.5 Å². The number of ether oxygens (including phenoxy) is 1. The fraction of sp³-hybridized carbons (Fsp3) is 0.526. The molecule has 1 aliphatic carbocycles. The van der Waals surface area contributed by atoms with E-state index in [4.69, 9.17) is 16.3 Å². The van der Waals surface area contributed by atoms with Gasteiger partial charge in [0, 0.05) is 11.1 Å². The Kier molecular flexibility index (Phi) is 8.07. The molecule has 0 bridgehead atoms. The van der Waals surface area contributed by atoms with Gasteiger partial charge in [0.05, 0.1) is 25.4 Å². The number of imide groups is 1. The van der Waals surface area contributed by atoms with Crippen molar-refractivity contribution in [1.29, 1.82) is 0 Å². The van der Waals surface area contributed by atoms with Crippen molar-refractivity contribution in [2.45, 2.75) is 44.7 Å². The van der Waals surface area contributed by atoms with E-state index in [0.717, 1.165) is 25.7 Å². The largest absolute Gasteiger partial charge is 0.495 e. The zero-order valence-electron chi connectivity index (χ0n) is 16.4. The number of amides is 4. The second-order valence-corrected chi connectivity index (χ2v) is 7.36. The standard InChI is InChI=1S/C19H27ClN4O4/c1-12(18(26)23-19(27)21-14-6-4-5-7-14)24(2)11-17(25)22-15-10-13(20)8-9-16(15)28-3/h8-10,12,14H,4-7,11H2,1-3H3,(H,22,25)(H2,21,23,26,27)/t12-/m0/s1. The molecule has 9 heteroatoms. The molecular formula is C19H27ClN4O4. The van der Waals surface area contributed by atoms with Crippen LogP contribution in [0.2, 0.25) is 5.02 Å². The predicted molar refractivity (Wildman–Crippen MR) is 108 cm³/mol. The number of hydrogen-bond acceptors (Lipinski definition) is 5. The molecule has 28 heavy (non-hydrogen) atoms. The summed E-state index contributed by atoms with van der Waals surface area (Å²) in [5, 5.41) is 8.31. The maximum Gasteiger partial charge on any atom is 0.321 e. The number of carbonyl (C=O) groups is 3. The van der Waals surface area contributed by atoms with Crippen LogP contribution in [0, 0.1) is 0 Å². The zero-order valence-corrected chi connectivity index (χ0v) is 17.1. The Morgan fingerprint density at radius 3 is 2.61 bits per heavy atom. The third-order valence-corrected chi connectivity index (χ3v) is 5.03. The highest BCUT2D eigenvalue weighted by molar-refractivity contribution is 6.31. The van der Waals surface area contributed by atoms with Crippen LogP contribution in [0.25, 0.3) is 0 Å². The van der Waals surface area contributed by atoms with Crippen LogP contribution in [0.15, 0.2) is 18.2 Å². The molecule has 1 aliphatic rings. The summed E-state index contributed by atoms with van der Waals surface area (Å²) in [6.07, 6.45) is 4.05. The summed E-state index contributed by atoms with van der Waals surface area (Å²) >= 11 is 5.96. The number of halogens is 1. The van der Waals surface area contributed by atoms with Gasteiger partial charge >= 0.3 is 6.03 Å². The van der Waals surface area contributed by atoms with Gasteiger partial charge in [-0.3, -0.25) is 19.8 Å². The maximum atomic E-state index is 12.3. The molecule has 8 nitrogen and oxygen atoms in total. The van der Waals surface area contributed by atoms with Crippen molar-refractivity contribution >= 4 is 35.1 Å². The van der Waals surface area contributed by atoms with E-state index in [0.29, 0.717) is 16.5 Å². The first-order valence-electron chi connectivity index (χ1n) is 9.25. The smallest absolute Gasteiger partial charge is 0.321 e. The van der Waals surface area contributed by atoms with Gasteiger partial charge in [-0.15, -0.1) is 0 Å². The van der Waals surface area contributed by atoms with Crippen molar-refractivity contribution in [1.82, 2.24) is 15.5 Å². The summed E-state index contributed by atoms with van der Waals surface area (Å²) in [6, 6.07) is 3.86. The van der Waals surface area contributed by atoms with Crippen molar-refractivity contribution in [2.75, 3.05) is 26.0 Å². The number of nitrogens with one attached hydrogen (secondary N) is 3. The van der Waals surface area contributed by atoms with E-state index in [1.165, 1.54) is 7.11 Å². The van der Waals surface area contributed by atoms with Crippen LogP contribution in [0.3, 0.4) is 0 Å². The van der Waals surface area contributed by atoms with Gasteiger partial charge in [0.25, 0.3) is 0 Å². The monoisotopic (exact) mass is 410 g/mol. The highest BCUT2D eigenvalue weighted by atomic mass is 35.5. The minimum atomic E-state index is -0.665. The number of anilines is 1. The molecule has 0 saturated heterocycles. The van der Waals surface area contributed by atoms with Crippen LogP contribution >= 0.6 is 11.6 Å². The molecular weight excluding hydrogens is 384 g/mol. The highest BCUT2D eigenvalue weighted by Gasteiger charge is 2.24. The van der Waals surface area contributed by atoms with E-state index < -0.39 is 18.0 Å². The summed E-state index contributed by atoms with van der Waals surface area (Å²) in [4.78, 5) is 38.1. The summed E-state index contributed by atoms with van der Waals surface area (Å²) in [5.74, 6) is -0.320. The Balaban J connectivity index is 1.84. The van der Waals surface area contributed by atoms with Gasteiger partial charge in [0.15, 0.2) is 0 Å². The first kappa shape index (κ1) is 22.0. The summed E-state index contributed by atoms with van der Waals surface area (Å²) in [5.41, 5.74) is 0.446. The van der Waals surface area contributed by atoms with Crippen molar-refractivity contribution < 1.29 is 19.1 Å². The minimum absolute atomic E-state index is 0.0471. The average Bonchev–Trinajstić information content (AvgIpc) is 3.13. The Morgan fingerprint density at radius 2 is 1.96 bits per heavy atom. The molecule has 0 spiro atoms. The molecule has 0 unspecified atom stereocenters. The van der Waals surface area contributed by atoms with Crippen molar-refractivity contribution in [3.8, 4) is 5.75 Å². The van der Waals surface area contributed by atoms with Gasteiger partial charge in [-0.1, -0.05) is 24.4 Å². The lowest BCUT2D eigenvalue weighted by Crippen LogP contribution is -2.51. The number of benzene rings is 1. The lowest BCUT2D eigenvalue weighted by molar-refractivity contribution is -0.125. The zero-order chi connectivity index (χ0) is 20.7. The highest BCUT2D eigenvalue weighted by Crippen LogP contribution is 2.27. The number of likely N-dealkylation sites (N-methyl/N-ethyl adjacent to an activating group) is 1. The van der Waals surface area contributed by atoms with E-state index in [9.17, 15) is 14.4 Å². The van der Waals surface area contributed by atoms with Crippen LogP contribution in [-0.4, -0.2) is 55.5 Å². The van der Waals surface area contributed by atoms with E-state index in [2.05, 4.69) is 16.0 Å². The third-order valence-electron chi connectivity index (χ3n) is 4.80. The van der Waals surface area contributed by atoms with Gasteiger partial charge in [-0.05, 0) is 45.0 Å². The molecule has 1 fully saturated rings. The second kappa shape index (κ2) is 10.3. The molecule has 154 valence electrons. The van der Waals surface area contributed by atoms with Crippen molar-refractivity contribution in [3.05, 3.63) is 23.2 Å². The maximum absolute atomic E-state index is 12.3. The molecule has 0 aliphatic heterocycles. The van der Waals surface area contributed by atoms with E-state index >= 15 is 0 Å². The number of hydrogen-bond donors (Lipinski definition) is 3. The molecule has 1 aromatic carbocycles. The van der Waals surface area contributed by atoms with Gasteiger partial charge in [0.2, 0.25) is 11.8 Å². The lowest BCUT2D eigenvalue weighted by atomic mass is 10.2. The molecule has 4 amide bonds. The first-order chi connectivity index (χ1) is 13.3. The van der Waals surface area contributed by atoms with Crippen LogP contribution in [-0.2, 0) is 9.59 Å². The Labute approximate surface area is 169 Å². The van der Waals surface area contributed by atoms with E-state index in [1.807, 2.05) is 0 Å². The molecule has 0 heterocycles. The lowest BCUT2D eigenvalue weighted by Gasteiger charge is -2.23. The molecule has 1 aromatic rings. The van der Waals surface area contributed by atoms with Crippen LogP contribution in [0.5, 0.6) is 5.75 Å². The van der Waals surface area contributed by atoms with Gasteiger partial charge < -0.3 is 15.4 Å². The fourth-order valence-electron chi connectivity index (χ4n) is 3.04. The van der Waals surface area contributed by atoms with Crippen LogP contribution in [0.1, 0.15) is 32.6 Å². The third kappa shape index (κ3) is 6.38. The second-order valence-electron chi connectivity index (χ2n) is 6.93. The fourth-order valence-corrected chi connectivity index (χ4v) is 3.21. The molecule has 0 radical (unpaired) electrons. The number of nitrogens with zero attached hydrogens (tertiary/aromatic N) is 1. The quantitative estimate of drug-likeness (QED) is 0.640. The van der Waals surface area contributed by atoms with Crippen molar-refractivity contribution in [2.24, 2.45) is 0 Å². The summed E-state index contributed by atoms with van der Waals surface area (Å²) < 4.78 is 5.19. The Morgan fingerprint density at radius 1 is 1.29 bits per heavy atom. The first-order valence-corrected chi connectivity index (χ1v) is 9.63. The molecule has 1 saturated carbocycles. The minimum Gasteiger partial charge on any atom is -0.495 e. The topological polar surface area (TPSA) is 99.8 Å². The molecule has 0 aromatic heterocycles. The van der Waals surface area contributed by atoms with Crippen LogP contribution < -0.4 is 20.7 Å².